The zero-order valence-electron chi connectivity index (χ0n) is 9.44. The number of hydrogen-bond acceptors (Lipinski definition) is 3. The number of nitrogens with one attached hydrogen (secondary N) is 1. The summed E-state index contributed by atoms with van der Waals surface area (Å²) >= 11 is 0. The van der Waals surface area contributed by atoms with Crippen LogP contribution in [-0.4, -0.2) is 29.0 Å². The highest BCUT2D eigenvalue weighted by Gasteiger charge is 2.17. The average Bonchev–Trinajstić information content (AvgIpc) is 2.78. The number of anilines is 1. The molecule has 15 heavy (non-hydrogen) atoms. The highest BCUT2D eigenvalue weighted by molar-refractivity contribution is 5.34. The Balaban J connectivity index is 1.97. The molecule has 2 rings (SSSR count). The van der Waals surface area contributed by atoms with E-state index in [1.807, 2.05) is 16.9 Å². The van der Waals surface area contributed by atoms with E-state index in [0.717, 1.165) is 32.0 Å². The number of hydrogen-bond donors (Lipinski definition) is 1. The first-order valence-corrected chi connectivity index (χ1v) is 5.62. The fourth-order valence-corrected chi connectivity index (χ4v) is 1.87. The van der Waals surface area contributed by atoms with Gasteiger partial charge < -0.3 is 10.1 Å². The smallest absolute Gasteiger partial charge is 0.124 e. The van der Waals surface area contributed by atoms with Crippen molar-refractivity contribution in [3.63, 3.8) is 0 Å². The van der Waals surface area contributed by atoms with E-state index in [1.165, 1.54) is 0 Å². The molecule has 1 fully saturated rings. The van der Waals surface area contributed by atoms with Crippen LogP contribution in [-0.2, 0) is 11.3 Å². The molecule has 1 aromatic heterocycles. The minimum Gasteiger partial charge on any atom is -0.381 e. The lowest BCUT2D eigenvalue weighted by Crippen LogP contribution is -2.18. The predicted molar refractivity (Wildman–Crippen MR) is 59.9 cm³/mol. The molecule has 1 aliphatic rings. The summed E-state index contributed by atoms with van der Waals surface area (Å²) in [6.07, 6.45) is 3.00. The zero-order chi connectivity index (χ0) is 10.7. The number of rotatable bonds is 4. The lowest BCUT2D eigenvalue weighted by molar-refractivity contribution is 0.181. The molecule has 0 spiro atoms. The molecule has 0 saturated carbocycles. The van der Waals surface area contributed by atoms with Gasteiger partial charge in [-0.2, -0.15) is 5.10 Å². The molecular weight excluding hydrogens is 190 g/mol. The standard InChI is InChI=1S/C11H19N3O/c1-9(2)13-11-3-5-12-14(11)7-10-4-6-15-8-10/h3,5,9-10,13H,4,6-8H2,1-2H3. The molecular formula is C11H19N3O. The summed E-state index contributed by atoms with van der Waals surface area (Å²) in [7, 11) is 0. The molecule has 0 amide bonds. The van der Waals surface area contributed by atoms with Crippen LogP contribution in [0.25, 0.3) is 0 Å². The first-order chi connectivity index (χ1) is 7.25. The summed E-state index contributed by atoms with van der Waals surface area (Å²) in [5.41, 5.74) is 0. The molecule has 1 N–H and O–H groups in total. The summed E-state index contributed by atoms with van der Waals surface area (Å²) in [4.78, 5) is 0. The molecule has 1 saturated heterocycles. The van der Waals surface area contributed by atoms with Gasteiger partial charge in [-0.05, 0) is 20.3 Å². The van der Waals surface area contributed by atoms with Crippen LogP contribution in [0.5, 0.6) is 0 Å². The van der Waals surface area contributed by atoms with Gasteiger partial charge in [-0.15, -0.1) is 0 Å². The first-order valence-electron chi connectivity index (χ1n) is 5.62. The normalized spacial score (nSPS) is 21.1. The third kappa shape index (κ3) is 2.72. The number of aromatic nitrogens is 2. The Kier molecular flexibility index (Phi) is 3.26. The van der Waals surface area contributed by atoms with Crippen molar-refractivity contribution in [1.82, 2.24) is 9.78 Å². The minimum absolute atomic E-state index is 0.445. The third-order valence-corrected chi connectivity index (χ3v) is 2.61. The predicted octanol–water partition coefficient (Wildman–Crippen LogP) is 1.74. The Morgan fingerprint density at radius 2 is 2.53 bits per heavy atom. The Hall–Kier alpha value is -1.03. The average molecular weight is 209 g/mol. The molecule has 1 aromatic rings. The van der Waals surface area contributed by atoms with Crippen LogP contribution in [0.15, 0.2) is 12.3 Å². The summed E-state index contributed by atoms with van der Waals surface area (Å²) in [6, 6.07) is 2.47. The van der Waals surface area contributed by atoms with Gasteiger partial charge in [0.2, 0.25) is 0 Å². The molecule has 1 unspecified atom stereocenters. The molecule has 0 bridgehead atoms. The van der Waals surface area contributed by atoms with Crippen molar-refractivity contribution in [1.29, 1.82) is 0 Å². The molecule has 1 aliphatic heterocycles. The Morgan fingerprint density at radius 1 is 1.67 bits per heavy atom. The van der Waals surface area contributed by atoms with Gasteiger partial charge in [0.25, 0.3) is 0 Å². The summed E-state index contributed by atoms with van der Waals surface area (Å²) < 4.78 is 7.41. The molecule has 84 valence electrons. The monoisotopic (exact) mass is 209 g/mol. The van der Waals surface area contributed by atoms with Gasteiger partial charge in [0.1, 0.15) is 5.82 Å². The van der Waals surface area contributed by atoms with E-state index in [-0.39, 0.29) is 0 Å². The zero-order valence-corrected chi connectivity index (χ0v) is 9.44. The van der Waals surface area contributed by atoms with Gasteiger partial charge in [0, 0.05) is 31.2 Å². The van der Waals surface area contributed by atoms with Crippen molar-refractivity contribution in [2.45, 2.75) is 32.9 Å². The van der Waals surface area contributed by atoms with Crippen LogP contribution < -0.4 is 5.32 Å². The summed E-state index contributed by atoms with van der Waals surface area (Å²) in [5.74, 6) is 1.73. The van der Waals surface area contributed by atoms with E-state index in [9.17, 15) is 0 Å². The van der Waals surface area contributed by atoms with Crippen LogP contribution in [0.3, 0.4) is 0 Å². The quantitative estimate of drug-likeness (QED) is 0.821. The van der Waals surface area contributed by atoms with Crippen molar-refractivity contribution in [2.24, 2.45) is 5.92 Å². The Labute approximate surface area is 90.6 Å². The lowest BCUT2D eigenvalue weighted by atomic mass is 10.1. The van der Waals surface area contributed by atoms with Crippen molar-refractivity contribution in [3.8, 4) is 0 Å². The Morgan fingerprint density at radius 3 is 3.20 bits per heavy atom. The SMILES string of the molecule is CC(C)Nc1ccnn1CC1CCOC1. The van der Waals surface area contributed by atoms with Crippen LogP contribution in [0, 0.1) is 5.92 Å². The van der Waals surface area contributed by atoms with E-state index in [1.54, 1.807) is 0 Å². The molecule has 0 radical (unpaired) electrons. The maximum atomic E-state index is 5.37. The second-order valence-corrected chi connectivity index (χ2v) is 4.43. The van der Waals surface area contributed by atoms with Crippen LogP contribution in [0.4, 0.5) is 5.82 Å². The van der Waals surface area contributed by atoms with Crippen LogP contribution in [0.2, 0.25) is 0 Å². The lowest BCUT2D eigenvalue weighted by Gasteiger charge is -2.14. The second kappa shape index (κ2) is 4.66. The maximum absolute atomic E-state index is 5.37. The minimum atomic E-state index is 0.445. The maximum Gasteiger partial charge on any atom is 0.124 e. The van der Waals surface area contributed by atoms with E-state index in [0.29, 0.717) is 12.0 Å². The second-order valence-electron chi connectivity index (χ2n) is 4.43. The van der Waals surface area contributed by atoms with Gasteiger partial charge in [-0.3, -0.25) is 0 Å². The molecule has 1 atom stereocenters. The first kappa shape index (κ1) is 10.5. The van der Waals surface area contributed by atoms with E-state index in [2.05, 4.69) is 24.3 Å². The summed E-state index contributed by atoms with van der Waals surface area (Å²) in [5, 5.41) is 7.72. The van der Waals surface area contributed by atoms with Gasteiger partial charge in [0.15, 0.2) is 0 Å². The molecule has 2 heterocycles. The van der Waals surface area contributed by atoms with E-state index >= 15 is 0 Å². The molecule has 4 nitrogen and oxygen atoms in total. The summed E-state index contributed by atoms with van der Waals surface area (Å²) in [6.45, 7) is 7.01. The fraction of sp³-hybridized carbons (Fsp3) is 0.727. The van der Waals surface area contributed by atoms with Crippen molar-refractivity contribution < 1.29 is 4.74 Å². The third-order valence-electron chi connectivity index (χ3n) is 2.61. The van der Waals surface area contributed by atoms with Gasteiger partial charge in [-0.25, -0.2) is 4.68 Å². The number of nitrogens with zero attached hydrogens (tertiary/aromatic N) is 2. The molecule has 4 heteroatoms. The highest BCUT2D eigenvalue weighted by atomic mass is 16.5. The topological polar surface area (TPSA) is 39.1 Å². The largest absolute Gasteiger partial charge is 0.381 e. The van der Waals surface area contributed by atoms with E-state index < -0.39 is 0 Å². The van der Waals surface area contributed by atoms with Gasteiger partial charge in [-0.1, -0.05) is 0 Å². The Bertz CT molecular complexity index is 303. The van der Waals surface area contributed by atoms with Crippen LogP contribution in [0.1, 0.15) is 20.3 Å². The van der Waals surface area contributed by atoms with Crippen molar-refractivity contribution in [3.05, 3.63) is 12.3 Å². The van der Waals surface area contributed by atoms with Crippen molar-refractivity contribution >= 4 is 5.82 Å². The molecule has 0 aromatic carbocycles. The van der Waals surface area contributed by atoms with Crippen molar-refractivity contribution in [2.75, 3.05) is 18.5 Å². The van der Waals surface area contributed by atoms with Gasteiger partial charge in [0.05, 0.1) is 12.8 Å². The molecule has 0 aliphatic carbocycles. The number of ether oxygens (including phenoxy) is 1. The van der Waals surface area contributed by atoms with Gasteiger partial charge >= 0.3 is 0 Å². The highest BCUT2D eigenvalue weighted by Crippen LogP contribution is 2.17. The fourth-order valence-electron chi connectivity index (χ4n) is 1.87. The van der Waals surface area contributed by atoms with E-state index in [4.69, 9.17) is 4.74 Å². The van der Waals surface area contributed by atoms with Crippen LogP contribution >= 0.6 is 0 Å².